The summed E-state index contributed by atoms with van der Waals surface area (Å²) >= 11 is 0. The molecule has 0 spiro atoms. The predicted octanol–water partition coefficient (Wildman–Crippen LogP) is 12.2. The quantitative estimate of drug-likeness (QED) is 0.0160. The van der Waals surface area contributed by atoms with E-state index < -0.39 is 17.9 Å². The first kappa shape index (κ1) is 51.4. The summed E-state index contributed by atoms with van der Waals surface area (Å²) in [6.45, 7) is 7.11. The number of ether oxygens (including phenoxy) is 1. The highest BCUT2D eigenvalue weighted by Gasteiger charge is 2.34. The summed E-state index contributed by atoms with van der Waals surface area (Å²) < 4.78 is 5.57. The molecule has 0 aromatic heterocycles. The number of amides is 2. The Kier molecular flexibility index (Phi) is 38.1. The minimum atomic E-state index is -1.000. The number of nitrogens with two attached hydrogens (primary N) is 2. The van der Waals surface area contributed by atoms with E-state index in [1.807, 2.05) is 13.0 Å². The molecule has 0 aromatic rings. The summed E-state index contributed by atoms with van der Waals surface area (Å²) in [5.74, 6) is -1.32. The Bertz CT molecular complexity index is 976. The highest BCUT2D eigenvalue weighted by Crippen LogP contribution is 2.18. The minimum Gasteiger partial charge on any atom is -0.464 e. The molecule has 0 unspecified atom stereocenters. The van der Waals surface area contributed by atoms with Crippen LogP contribution < -0.4 is 11.5 Å². The van der Waals surface area contributed by atoms with E-state index in [1.165, 1.54) is 127 Å². The Hall–Kier alpha value is -2.64. The lowest BCUT2D eigenvalue weighted by Crippen LogP contribution is -2.49. The van der Waals surface area contributed by atoms with Gasteiger partial charge < -0.3 is 16.2 Å². The number of allylic oxidation sites excluding steroid dienone is 3. The van der Waals surface area contributed by atoms with Crippen molar-refractivity contribution in [3.8, 4) is 0 Å². The molecule has 0 fully saturated rings. The summed E-state index contributed by atoms with van der Waals surface area (Å²) in [7, 11) is 0. The van der Waals surface area contributed by atoms with Crippen LogP contribution in [0.1, 0.15) is 226 Å². The van der Waals surface area contributed by atoms with Crippen molar-refractivity contribution in [3.05, 3.63) is 24.3 Å². The molecule has 0 bridgehead atoms. The van der Waals surface area contributed by atoms with Gasteiger partial charge in [-0.05, 0) is 70.3 Å². The van der Waals surface area contributed by atoms with E-state index in [4.69, 9.17) is 16.2 Å². The van der Waals surface area contributed by atoms with Gasteiger partial charge in [-0.2, -0.15) is 0 Å². The summed E-state index contributed by atoms with van der Waals surface area (Å²) in [6.07, 6.45) is 43.3. The molecule has 0 aromatic carbocycles. The maximum Gasteiger partial charge on any atom is 0.329 e. The van der Waals surface area contributed by atoms with Crippen LogP contribution in [0.25, 0.3) is 0 Å². The number of unbranched alkanes of at least 4 members (excludes halogenated alkanes) is 25. The maximum atomic E-state index is 13.7. The number of carbonyl (C=O) groups excluding carboxylic acids is 3. The number of esters is 1. The van der Waals surface area contributed by atoms with Crippen molar-refractivity contribution in [1.82, 2.24) is 4.90 Å². The van der Waals surface area contributed by atoms with Crippen molar-refractivity contribution in [2.75, 3.05) is 13.2 Å². The van der Waals surface area contributed by atoms with Gasteiger partial charge in [-0.15, -0.1) is 0 Å². The lowest BCUT2D eigenvalue weighted by Gasteiger charge is -2.28. The van der Waals surface area contributed by atoms with Crippen molar-refractivity contribution in [2.45, 2.75) is 232 Å². The fourth-order valence-corrected chi connectivity index (χ4v) is 6.72. The monoisotopic (exact) mass is 759 g/mol. The largest absolute Gasteiger partial charge is 0.464 e. The molecule has 8 nitrogen and oxygen atoms in total. The van der Waals surface area contributed by atoms with Crippen LogP contribution in [0, 0.1) is 0 Å². The number of aliphatic imine (C=N–C) groups is 1. The zero-order valence-corrected chi connectivity index (χ0v) is 35.6. The van der Waals surface area contributed by atoms with Crippen molar-refractivity contribution < 1.29 is 19.1 Å². The first-order chi connectivity index (χ1) is 26.4. The van der Waals surface area contributed by atoms with Gasteiger partial charge in [0, 0.05) is 13.0 Å². The van der Waals surface area contributed by atoms with Gasteiger partial charge in [0.1, 0.15) is 6.04 Å². The Morgan fingerprint density at radius 2 is 0.981 bits per heavy atom. The van der Waals surface area contributed by atoms with Crippen LogP contribution in [-0.4, -0.2) is 47.8 Å². The highest BCUT2D eigenvalue weighted by molar-refractivity contribution is 6.04. The molecule has 0 aliphatic heterocycles. The Balaban J connectivity index is 4.95. The van der Waals surface area contributed by atoms with Gasteiger partial charge >= 0.3 is 5.97 Å². The zero-order valence-electron chi connectivity index (χ0n) is 35.6. The lowest BCUT2D eigenvalue weighted by atomic mass is 10.0. The molecule has 2 amide bonds. The van der Waals surface area contributed by atoms with Gasteiger partial charge in [0.25, 0.3) is 5.91 Å². The second-order valence-corrected chi connectivity index (χ2v) is 15.4. The van der Waals surface area contributed by atoms with Crippen LogP contribution in [0.15, 0.2) is 29.3 Å². The molecule has 0 rings (SSSR count). The number of hydrogen-bond acceptors (Lipinski definition) is 5. The number of carbonyl (C=O) groups is 3. The van der Waals surface area contributed by atoms with Crippen molar-refractivity contribution >= 4 is 23.7 Å². The van der Waals surface area contributed by atoms with E-state index in [1.54, 1.807) is 0 Å². The smallest absolute Gasteiger partial charge is 0.329 e. The highest BCUT2D eigenvalue weighted by atomic mass is 16.5. The van der Waals surface area contributed by atoms with E-state index in [-0.39, 0.29) is 31.3 Å². The van der Waals surface area contributed by atoms with Crippen molar-refractivity contribution in [3.63, 3.8) is 0 Å². The molecule has 0 heterocycles. The van der Waals surface area contributed by atoms with E-state index >= 15 is 0 Å². The summed E-state index contributed by atoms with van der Waals surface area (Å²) in [5.41, 5.74) is 11.0. The van der Waals surface area contributed by atoms with Gasteiger partial charge in [-0.3, -0.25) is 19.5 Å². The third-order valence-electron chi connectivity index (χ3n) is 10.1. The molecule has 0 aliphatic rings. The average Bonchev–Trinajstić information content (AvgIpc) is 3.15. The second kappa shape index (κ2) is 40.0. The minimum absolute atomic E-state index is 0.0265. The molecule has 54 heavy (non-hydrogen) atoms. The third kappa shape index (κ3) is 32.8. The van der Waals surface area contributed by atoms with Gasteiger partial charge in [0.15, 0.2) is 5.96 Å². The van der Waals surface area contributed by atoms with Crippen LogP contribution in [0.5, 0.6) is 0 Å². The first-order valence-electron chi connectivity index (χ1n) is 22.8. The van der Waals surface area contributed by atoms with Gasteiger partial charge in [0.2, 0.25) is 5.91 Å². The third-order valence-corrected chi connectivity index (χ3v) is 10.1. The molecule has 314 valence electrons. The standard InChI is InChI=1S/C46H86N4O4/c1-4-7-10-12-14-16-18-20-22-24-26-28-30-32-34-38-43(51)50(42(37-36-40-49-46(47)48)45(53)54-41-9-6-3)44(52)39-35-33-31-29-27-25-23-21-19-17-15-13-11-8-5-2/h20,22,35,39,42H,4-19,21,23-34,36-38,40-41H2,1-3H3,(H4,47,48,49)/b22-20-,39-35?/t42-/m0/s1. The fraction of sp³-hybridized carbons (Fsp3) is 0.826. The number of nitrogens with zero attached hydrogens (tertiary/aromatic N) is 2. The number of imide groups is 1. The van der Waals surface area contributed by atoms with Crippen LogP contribution in [0.3, 0.4) is 0 Å². The number of rotatable bonds is 39. The number of guanidine groups is 1. The molecule has 0 saturated carbocycles. The molecule has 4 N–H and O–H groups in total. The zero-order chi connectivity index (χ0) is 39.7. The number of hydrogen-bond donors (Lipinski definition) is 2. The molecule has 0 aliphatic carbocycles. The van der Waals surface area contributed by atoms with E-state index in [0.29, 0.717) is 19.4 Å². The summed E-state index contributed by atoms with van der Waals surface area (Å²) in [4.78, 5) is 45.9. The van der Waals surface area contributed by atoms with Crippen LogP contribution in [0.4, 0.5) is 0 Å². The van der Waals surface area contributed by atoms with Crippen molar-refractivity contribution in [2.24, 2.45) is 16.5 Å². The Labute approximate surface area is 333 Å². The first-order valence-corrected chi connectivity index (χ1v) is 22.8. The molecular formula is C46H86N4O4. The molecule has 0 saturated heterocycles. The normalized spacial score (nSPS) is 12.1. The van der Waals surface area contributed by atoms with Crippen molar-refractivity contribution in [1.29, 1.82) is 0 Å². The second-order valence-electron chi connectivity index (χ2n) is 15.4. The summed E-state index contributed by atoms with van der Waals surface area (Å²) in [5, 5.41) is 0. The topological polar surface area (TPSA) is 128 Å². The van der Waals surface area contributed by atoms with Crippen LogP contribution in [0.2, 0.25) is 0 Å². The summed E-state index contributed by atoms with van der Waals surface area (Å²) in [6, 6.07) is -1.000. The van der Waals surface area contributed by atoms with Gasteiger partial charge in [-0.25, -0.2) is 4.79 Å². The van der Waals surface area contributed by atoms with E-state index in [0.717, 1.165) is 64.2 Å². The van der Waals surface area contributed by atoms with Crippen LogP contribution in [-0.2, 0) is 19.1 Å². The SMILES string of the molecule is CCCCCCCC/C=C\CCCCCCCC(=O)N(C(=O)C=CCCCCCCCCCCCCCCC)[C@@H](CCCN=C(N)N)C(=O)OCCCC. The van der Waals surface area contributed by atoms with Crippen LogP contribution >= 0.6 is 0 Å². The molecule has 0 radical (unpaired) electrons. The van der Waals surface area contributed by atoms with Gasteiger partial charge in [0.05, 0.1) is 6.61 Å². The van der Waals surface area contributed by atoms with Gasteiger partial charge in [-0.1, -0.05) is 174 Å². The fourth-order valence-electron chi connectivity index (χ4n) is 6.72. The predicted molar refractivity (Wildman–Crippen MR) is 230 cm³/mol. The lowest BCUT2D eigenvalue weighted by molar-refractivity contribution is -0.160. The Morgan fingerprint density at radius 3 is 1.44 bits per heavy atom. The van der Waals surface area contributed by atoms with E-state index in [9.17, 15) is 14.4 Å². The van der Waals surface area contributed by atoms with E-state index in [2.05, 4.69) is 31.0 Å². The maximum absolute atomic E-state index is 13.7. The molecule has 8 heteroatoms. The Morgan fingerprint density at radius 1 is 0.556 bits per heavy atom. The average molecular weight is 759 g/mol. The molecule has 1 atom stereocenters. The molecular weight excluding hydrogens is 673 g/mol.